The van der Waals surface area contributed by atoms with Crippen LogP contribution in [0.4, 0.5) is 0 Å². The molecule has 0 N–H and O–H groups in total. The zero-order valence-corrected chi connectivity index (χ0v) is 10.7. The maximum Gasteiger partial charge on any atom is 0.189 e. The average molecular weight is 254 g/mol. The van der Waals surface area contributed by atoms with Crippen molar-refractivity contribution in [3.8, 4) is 11.5 Å². The van der Waals surface area contributed by atoms with Crippen LogP contribution in [0.5, 0.6) is 11.5 Å². The summed E-state index contributed by atoms with van der Waals surface area (Å²) in [7, 11) is 1.61. The molecule has 5 heteroatoms. The fourth-order valence-electron chi connectivity index (χ4n) is 1.29. The van der Waals surface area contributed by atoms with E-state index >= 15 is 0 Å². The van der Waals surface area contributed by atoms with E-state index in [0.717, 1.165) is 6.29 Å². The van der Waals surface area contributed by atoms with E-state index in [2.05, 4.69) is 0 Å². The van der Waals surface area contributed by atoms with Crippen molar-refractivity contribution < 1.29 is 23.7 Å². The number of methoxy groups -OCH3 is 1. The van der Waals surface area contributed by atoms with Crippen molar-refractivity contribution in [1.82, 2.24) is 0 Å². The fourth-order valence-corrected chi connectivity index (χ4v) is 1.29. The predicted molar refractivity (Wildman–Crippen MR) is 66.3 cm³/mol. The first-order valence-electron chi connectivity index (χ1n) is 5.73. The van der Waals surface area contributed by atoms with Gasteiger partial charge in [0.05, 0.1) is 19.8 Å². The van der Waals surface area contributed by atoms with Crippen molar-refractivity contribution >= 4 is 6.29 Å². The number of hydrogen-bond acceptors (Lipinski definition) is 5. The van der Waals surface area contributed by atoms with Crippen LogP contribution in [0.15, 0.2) is 18.2 Å². The van der Waals surface area contributed by atoms with Crippen LogP contribution in [-0.4, -0.2) is 40.0 Å². The number of hydrogen-bond donors (Lipinski definition) is 0. The van der Waals surface area contributed by atoms with Crippen molar-refractivity contribution in [3.05, 3.63) is 23.8 Å². The second-order valence-corrected chi connectivity index (χ2v) is 3.42. The Morgan fingerprint density at radius 1 is 1.17 bits per heavy atom. The highest BCUT2D eigenvalue weighted by Gasteiger charge is 2.06. The van der Waals surface area contributed by atoms with Crippen molar-refractivity contribution in [2.45, 2.75) is 6.92 Å². The molecule has 0 saturated carbocycles. The van der Waals surface area contributed by atoms with Crippen LogP contribution in [0.25, 0.3) is 0 Å². The van der Waals surface area contributed by atoms with E-state index in [1.54, 1.807) is 25.3 Å². The van der Waals surface area contributed by atoms with E-state index in [4.69, 9.17) is 18.9 Å². The topological polar surface area (TPSA) is 54.0 Å². The van der Waals surface area contributed by atoms with E-state index in [-0.39, 0.29) is 6.79 Å². The van der Waals surface area contributed by atoms with Crippen LogP contribution < -0.4 is 9.47 Å². The molecule has 1 rings (SSSR count). The van der Waals surface area contributed by atoms with Gasteiger partial charge in [-0.2, -0.15) is 0 Å². The van der Waals surface area contributed by atoms with Crippen molar-refractivity contribution in [2.24, 2.45) is 0 Å². The van der Waals surface area contributed by atoms with E-state index in [9.17, 15) is 4.79 Å². The molecule has 0 radical (unpaired) electrons. The van der Waals surface area contributed by atoms with Gasteiger partial charge in [0.1, 0.15) is 6.29 Å². The van der Waals surface area contributed by atoms with Gasteiger partial charge < -0.3 is 18.9 Å². The Labute approximate surface area is 107 Å². The number of benzene rings is 1. The summed E-state index contributed by atoms with van der Waals surface area (Å²) >= 11 is 0. The Bertz CT molecular complexity index is 364. The summed E-state index contributed by atoms with van der Waals surface area (Å²) in [6.45, 7) is 3.47. The highest BCUT2D eigenvalue weighted by Crippen LogP contribution is 2.27. The van der Waals surface area contributed by atoms with Gasteiger partial charge in [-0.15, -0.1) is 0 Å². The molecule has 0 unspecified atom stereocenters. The number of ether oxygens (including phenoxy) is 4. The second kappa shape index (κ2) is 8.49. The summed E-state index contributed by atoms with van der Waals surface area (Å²) in [6.07, 6.45) is 0.765. The molecule has 0 aromatic heterocycles. The molecule has 1 aromatic carbocycles. The van der Waals surface area contributed by atoms with Crippen molar-refractivity contribution in [1.29, 1.82) is 0 Å². The van der Waals surface area contributed by atoms with Gasteiger partial charge in [0.2, 0.25) is 0 Å². The molecule has 0 aliphatic heterocycles. The third kappa shape index (κ3) is 4.73. The lowest BCUT2D eigenvalue weighted by atomic mass is 10.2. The highest BCUT2D eigenvalue weighted by atomic mass is 16.7. The number of aldehydes is 1. The summed E-state index contributed by atoms with van der Waals surface area (Å²) in [5.41, 5.74) is 0.547. The molecule has 0 saturated heterocycles. The van der Waals surface area contributed by atoms with Gasteiger partial charge in [-0.1, -0.05) is 0 Å². The minimum atomic E-state index is 0.115. The number of carbonyl (C=O) groups excluding carboxylic acids is 1. The lowest BCUT2D eigenvalue weighted by Crippen LogP contribution is -2.08. The molecule has 0 bridgehead atoms. The Morgan fingerprint density at radius 2 is 2.00 bits per heavy atom. The molecular weight excluding hydrogens is 236 g/mol. The summed E-state index contributed by atoms with van der Waals surface area (Å²) in [6, 6.07) is 5.00. The molecule has 0 fully saturated rings. The van der Waals surface area contributed by atoms with Gasteiger partial charge in [0.25, 0.3) is 0 Å². The maximum atomic E-state index is 10.7. The zero-order valence-electron chi connectivity index (χ0n) is 10.7. The van der Waals surface area contributed by atoms with Crippen LogP contribution in [-0.2, 0) is 9.47 Å². The van der Waals surface area contributed by atoms with Crippen molar-refractivity contribution in [3.63, 3.8) is 0 Å². The monoisotopic (exact) mass is 254 g/mol. The van der Waals surface area contributed by atoms with E-state index in [0.29, 0.717) is 36.9 Å². The van der Waals surface area contributed by atoms with Crippen LogP contribution in [0, 0.1) is 0 Å². The molecule has 0 aliphatic carbocycles. The zero-order chi connectivity index (χ0) is 13.2. The first-order valence-corrected chi connectivity index (χ1v) is 5.73. The van der Waals surface area contributed by atoms with Gasteiger partial charge in [0.15, 0.2) is 18.3 Å². The van der Waals surface area contributed by atoms with E-state index in [1.165, 1.54) is 0 Å². The summed E-state index contributed by atoms with van der Waals surface area (Å²) in [4.78, 5) is 10.7. The van der Waals surface area contributed by atoms with Gasteiger partial charge >= 0.3 is 0 Å². The minimum Gasteiger partial charge on any atom is -0.490 e. The Hall–Kier alpha value is -1.59. The Morgan fingerprint density at radius 3 is 2.67 bits per heavy atom. The van der Waals surface area contributed by atoms with Crippen LogP contribution in [0.1, 0.15) is 17.3 Å². The highest BCUT2D eigenvalue weighted by molar-refractivity contribution is 5.76. The maximum absolute atomic E-state index is 10.7. The minimum absolute atomic E-state index is 0.115. The molecule has 0 atom stereocenters. The predicted octanol–water partition coefficient (Wildman–Crippen LogP) is 1.90. The average Bonchev–Trinajstić information content (AvgIpc) is 2.40. The van der Waals surface area contributed by atoms with E-state index < -0.39 is 0 Å². The molecule has 100 valence electrons. The van der Waals surface area contributed by atoms with Gasteiger partial charge in [-0.25, -0.2) is 0 Å². The number of rotatable bonds is 9. The Kier molecular flexibility index (Phi) is 6.83. The van der Waals surface area contributed by atoms with Crippen molar-refractivity contribution in [2.75, 3.05) is 33.7 Å². The third-order valence-corrected chi connectivity index (χ3v) is 2.13. The lowest BCUT2D eigenvalue weighted by Gasteiger charge is -2.12. The van der Waals surface area contributed by atoms with Crippen LogP contribution >= 0.6 is 0 Å². The number of carbonyl (C=O) groups is 1. The molecular formula is C13H18O5. The first-order chi connectivity index (χ1) is 8.81. The quantitative estimate of drug-likeness (QED) is 0.383. The normalized spacial score (nSPS) is 10.1. The first kappa shape index (κ1) is 14.5. The molecule has 0 aliphatic rings. The SMILES string of the molecule is CCOc1cc(C=O)ccc1OCOCCOC. The summed E-state index contributed by atoms with van der Waals surface area (Å²) in [5, 5.41) is 0. The van der Waals surface area contributed by atoms with Gasteiger partial charge in [0, 0.05) is 12.7 Å². The van der Waals surface area contributed by atoms with Gasteiger partial charge in [-0.05, 0) is 25.1 Å². The molecule has 0 heterocycles. The fraction of sp³-hybridized carbons (Fsp3) is 0.462. The largest absolute Gasteiger partial charge is 0.490 e. The molecule has 0 spiro atoms. The molecule has 5 nitrogen and oxygen atoms in total. The summed E-state index contributed by atoms with van der Waals surface area (Å²) in [5.74, 6) is 1.09. The smallest absolute Gasteiger partial charge is 0.189 e. The molecule has 1 aromatic rings. The summed E-state index contributed by atoms with van der Waals surface area (Å²) < 4.78 is 20.8. The Balaban J connectivity index is 2.54. The second-order valence-electron chi connectivity index (χ2n) is 3.42. The standard InChI is InChI=1S/C13H18O5/c1-3-17-13-8-11(9-14)4-5-12(13)18-10-16-7-6-15-2/h4-5,8-9H,3,6-7,10H2,1-2H3. The molecule has 18 heavy (non-hydrogen) atoms. The van der Waals surface area contributed by atoms with Crippen LogP contribution in [0.3, 0.4) is 0 Å². The van der Waals surface area contributed by atoms with E-state index in [1.807, 2.05) is 6.92 Å². The van der Waals surface area contributed by atoms with Gasteiger partial charge in [-0.3, -0.25) is 4.79 Å². The molecule has 0 amide bonds. The van der Waals surface area contributed by atoms with Crippen LogP contribution in [0.2, 0.25) is 0 Å². The lowest BCUT2D eigenvalue weighted by molar-refractivity contribution is -0.00963. The third-order valence-electron chi connectivity index (χ3n) is 2.13.